The van der Waals surface area contributed by atoms with Gasteiger partial charge in [0, 0.05) is 11.5 Å². The summed E-state index contributed by atoms with van der Waals surface area (Å²) in [6.07, 6.45) is 2.96. The molecule has 5 nitrogen and oxygen atoms in total. The number of furan rings is 1. The lowest BCUT2D eigenvalue weighted by Gasteiger charge is -2.08. The molecule has 1 amide bonds. The van der Waals surface area contributed by atoms with Crippen LogP contribution in [0, 0.1) is 6.92 Å². The SMILES string of the molecule is CCOC(=O)c1ccccc1NC(=O)/C=C/c1cc2ccc(C)cc2o1. The van der Waals surface area contributed by atoms with Crippen molar-refractivity contribution >= 4 is 34.6 Å². The Labute approximate surface area is 151 Å². The first-order valence-electron chi connectivity index (χ1n) is 8.32. The van der Waals surface area contributed by atoms with Crippen LogP contribution < -0.4 is 5.32 Å². The summed E-state index contributed by atoms with van der Waals surface area (Å²) in [6, 6.07) is 14.5. The van der Waals surface area contributed by atoms with E-state index in [4.69, 9.17) is 9.15 Å². The molecule has 26 heavy (non-hydrogen) atoms. The molecular formula is C21H19NO4. The summed E-state index contributed by atoms with van der Waals surface area (Å²) in [4.78, 5) is 24.1. The van der Waals surface area contributed by atoms with E-state index in [9.17, 15) is 9.59 Å². The van der Waals surface area contributed by atoms with Gasteiger partial charge in [0.2, 0.25) is 5.91 Å². The van der Waals surface area contributed by atoms with Crippen LogP contribution in [-0.2, 0) is 9.53 Å². The molecule has 3 aromatic rings. The Bertz CT molecular complexity index is 985. The zero-order chi connectivity index (χ0) is 18.5. The second kappa shape index (κ2) is 7.70. The fourth-order valence-electron chi connectivity index (χ4n) is 2.55. The van der Waals surface area contributed by atoms with Gasteiger partial charge in [-0.15, -0.1) is 0 Å². The van der Waals surface area contributed by atoms with Crippen molar-refractivity contribution in [1.29, 1.82) is 0 Å². The van der Waals surface area contributed by atoms with Gasteiger partial charge in [-0.05, 0) is 49.8 Å². The summed E-state index contributed by atoms with van der Waals surface area (Å²) < 4.78 is 10.7. The first kappa shape index (κ1) is 17.5. The van der Waals surface area contributed by atoms with E-state index in [2.05, 4.69) is 5.32 Å². The second-order valence-corrected chi connectivity index (χ2v) is 5.78. The van der Waals surface area contributed by atoms with E-state index >= 15 is 0 Å². The number of aryl methyl sites for hydroxylation is 1. The van der Waals surface area contributed by atoms with Gasteiger partial charge in [-0.2, -0.15) is 0 Å². The number of benzene rings is 2. The van der Waals surface area contributed by atoms with Gasteiger partial charge >= 0.3 is 5.97 Å². The van der Waals surface area contributed by atoms with Crippen molar-refractivity contribution in [3.05, 3.63) is 71.5 Å². The van der Waals surface area contributed by atoms with Gasteiger partial charge in [-0.25, -0.2) is 4.79 Å². The highest BCUT2D eigenvalue weighted by Gasteiger charge is 2.13. The molecule has 1 N–H and O–H groups in total. The average molecular weight is 349 g/mol. The molecule has 0 spiro atoms. The van der Waals surface area contributed by atoms with E-state index in [1.54, 1.807) is 37.3 Å². The van der Waals surface area contributed by atoms with Crippen molar-refractivity contribution in [1.82, 2.24) is 0 Å². The zero-order valence-electron chi connectivity index (χ0n) is 14.6. The number of para-hydroxylation sites is 1. The molecule has 1 heterocycles. The summed E-state index contributed by atoms with van der Waals surface area (Å²) in [5.74, 6) is -0.252. The Balaban J connectivity index is 1.74. The van der Waals surface area contributed by atoms with Crippen molar-refractivity contribution in [3.63, 3.8) is 0 Å². The molecule has 3 rings (SSSR count). The summed E-state index contributed by atoms with van der Waals surface area (Å²) in [5, 5.41) is 3.67. The average Bonchev–Trinajstić information content (AvgIpc) is 3.02. The van der Waals surface area contributed by atoms with Gasteiger partial charge in [-0.3, -0.25) is 4.79 Å². The highest BCUT2D eigenvalue weighted by molar-refractivity contribution is 6.06. The van der Waals surface area contributed by atoms with Crippen molar-refractivity contribution < 1.29 is 18.7 Å². The van der Waals surface area contributed by atoms with E-state index in [0.717, 1.165) is 16.5 Å². The molecule has 2 aromatic carbocycles. The third kappa shape index (κ3) is 4.00. The number of carbonyl (C=O) groups excluding carboxylic acids is 2. The Morgan fingerprint density at radius 3 is 2.77 bits per heavy atom. The smallest absolute Gasteiger partial charge is 0.340 e. The number of carbonyl (C=O) groups is 2. The van der Waals surface area contributed by atoms with Gasteiger partial charge in [-0.1, -0.05) is 24.3 Å². The first-order valence-corrected chi connectivity index (χ1v) is 8.32. The van der Waals surface area contributed by atoms with Crippen molar-refractivity contribution in [2.45, 2.75) is 13.8 Å². The van der Waals surface area contributed by atoms with E-state index in [0.29, 0.717) is 17.0 Å². The third-order valence-electron chi connectivity index (χ3n) is 3.77. The summed E-state index contributed by atoms with van der Waals surface area (Å²) in [6.45, 7) is 4.00. The summed E-state index contributed by atoms with van der Waals surface area (Å²) in [7, 11) is 0. The van der Waals surface area contributed by atoms with Gasteiger partial charge < -0.3 is 14.5 Å². The number of esters is 1. The maximum absolute atomic E-state index is 12.2. The van der Waals surface area contributed by atoms with Crippen LogP contribution in [0.3, 0.4) is 0 Å². The predicted octanol–water partition coefficient (Wildman–Crippen LogP) is 4.57. The Morgan fingerprint density at radius 1 is 1.15 bits per heavy atom. The van der Waals surface area contributed by atoms with Crippen molar-refractivity contribution in [3.8, 4) is 0 Å². The molecule has 132 valence electrons. The third-order valence-corrected chi connectivity index (χ3v) is 3.77. The minimum Gasteiger partial charge on any atom is -0.462 e. The Hall–Kier alpha value is -3.34. The number of anilines is 1. The minimum atomic E-state index is -0.472. The maximum atomic E-state index is 12.2. The monoisotopic (exact) mass is 349 g/mol. The molecule has 0 fully saturated rings. The minimum absolute atomic E-state index is 0.270. The fourth-order valence-corrected chi connectivity index (χ4v) is 2.55. The van der Waals surface area contributed by atoms with Crippen LogP contribution in [0.1, 0.15) is 28.6 Å². The van der Waals surface area contributed by atoms with Gasteiger partial charge in [0.1, 0.15) is 11.3 Å². The molecule has 0 bridgehead atoms. The van der Waals surface area contributed by atoms with Crippen LogP contribution in [0.4, 0.5) is 5.69 Å². The molecule has 5 heteroatoms. The lowest BCUT2D eigenvalue weighted by molar-refractivity contribution is -0.111. The predicted molar refractivity (Wildman–Crippen MR) is 101 cm³/mol. The van der Waals surface area contributed by atoms with Crippen LogP contribution >= 0.6 is 0 Å². The topological polar surface area (TPSA) is 68.5 Å². The molecule has 0 aliphatic carbocycles. The number of nitrogens with one attached hydrogen (secondary N) is 1. The Morgan fingerprint density at radius 2 is 1.96 bits per heavy atom. The van der Waals surface area contributed by atoms with E-state index in [1.165, 1.54) is 6.08 Å². The van der Waals surface area contributed by atoms with E-state index in [-0.39, 0.29) is 12.5 Å². The van der Waals surface area contributed by atoms with Crippen LogP contribution in [-0.4, -0.2) is 18.5 Å². The first-order chi connectivity index (χ1) is 12.6. The lowest BCUT2D eigenvalue weighted by Crippen LogP contribution is -2.13. The molecule has 0 saturated heterocycles. The largest absolute Gasteiger partial charge is 0.462 e. The highest BCUT2D eigenvalue weighted by Crippen LogP contribution is 2.21. The number of amides is 1. The molecular weight excluding hydrogens is 330 g/mol. The molecule has 1 aromatic heterocycles. The number of fused-ring (bicyclic) bond motifs is 1. The molecule has 0 aliphatic rings. The summed E-state index contributed by atoms with van der Waals surface area (Å²) >= 11 is 0. The van der Waals surface area contributed by atoms with E-state index in [1.807, 2.05) is 31.2 Å². The fraction of sp³-hybridized carbons (Fsp3) is 0.143. The van der Waals surface area contributed by atoms with Crippen molar-refractivity contribution in [2.24, 2.45) is 0 Å². The second-order valence-electron chi connectivity index (χ2n) is 5.78. The van der Waals surface area contributed by atoms with Gasteiger partial charge in [0.15, 0.2) is 0 Å². The lowest BCUT2D eigenvalue weighted by atomic mass is 10.1. The van der Waals surface area contributed by atoms with Gasteiger partial charge in [0.05, 0.1) is 17.9 Å². The molecule has 0 atom stereocenters. The standard InChI is InChI=1S/C21H19NO4/c1-3-25-21(24)17-6-4-5-7-18(17)22-20(23)11-10-16-13-15-9-8-14(2)12-19(15)26-16/h4-13H,3H2,1-2H3,(H,22,23)/b11-10+. The molecule has 0 unspecified atom stereocenters. The quantitative estimate of drug-likeness (QED) is 0.541. The van der Waals surface area contributed by atoms with Crippen LogP contribution in [0.15, 0.2) is 59.0 Å². The molecule has 0 radical (unpaired) electrons. The number of rotatable bonds is 5. The number of hydrogen-bond donors (Lipinski definition) is 1. The Kier molecular flexibility index (Phi) is 5.17. The van der Waals surface area contributed by atoms with Crippen LogP contribution in [0.2, 0.25) is 0 Å². The normalized spacial score (nSPS) is 11.0. The highest BCUT2D eigenvalue weighted by atomic mass is 16.5. The molecule has 0 aliphatic heterocycles. The maximum Gasteiger partial charge on any atom is 0.340 e. The molecule has 0 saturated carbocycles. The summed E-state index contributed by atoms with van der Waals surface area (Å²) in [5.41, 5.74) is 2.60. The van der Waals surface area contributed by atoms with Crippen LogP contribution in [0.25, 0.3) is 17.0 Å². The van der Waals surface area contributed by atoms with E-state index < -0.39 is 5.97 Å². The number of hydrogen-bond acceptors (Lipinski definition) is 4. The zero-order valence-corrected chi connectivity index (χ0v) is 14.6. The van der Waals surface area contributed by atoms with Crippen molar-refractivity contribution in [2.75, 3.05) is 11.9 Å². The van der Waals surface area contributed by atoms with Crippen LogP contribution in [0.5, 0.6) is 0 Å². The van der Waals surface area contributed by atoms with Gasteiger partial charge in [0.25, 0.3) is 0 Å². The number of ether oxygens (including phenoxy) is 1.